The fourth-order valence-electron chi connectivity index (χ4n) is 4.01. The highest BCUT2D eigenvalue weighted by atomic mass is 16.2. The van der Waals surface area contributed by atoms with E-state index in [1.807, 2.05) is 29.3 Å². The van der Waals surface area contributed by atoms with Crippen molar-refractivity contribution in [3.8, 4) is 0 Å². The Labute approximate surface area is 167 Å². The van der Waals surface area contributed by atoms with E-state index in [1.165, 1.54) is 24.1 Å². The van der Waals surface area contributed by atoms with Crippen molar-refractivity contribution in [3.63, 3.8) is 0 Å². The number of amides is 2. The van der Waals surface area contributed by atoms with Crippen molar-refractivity contribution in [2.75, 3.05) is 38.0 Å². The number of carbonyl (C=O) groups is 1. The fraction of sp³-hybridized carbons (Fsp3) is 0.478. The summed E-state index contributed by atoms with van der Waals surface area (Å²) in [6, 6.07) is 12.4. The molecule has 1 N–H and O–H groups in total. The van der Waals surface area contributed by atoms with Gasteiger partial charge in [0.2, 0.25) is 0 Å². The number of likely N-dealkylation sites (tertiary alicyclic amines) is 2. The monoisotopic (exact) mass is 378 g/mol. The number of benzene rings is 1. The summed E-state index contributed by atoms with van der Waals surface area (Å²) in [6.07, 6.45) is 4.92. The highest BCUT2D eigenvalue weighted by Gasteiger charge is 2.32. The van der Waals surface area contributed by atoms with Crippen LogP contribution in [-0.2, 0) is 0 Å². The molecule has 0 bridgehead atoms. The highest BCUT2D eigenvalue weighted by Crippen LogP contribution is 2.30. The lowest BCUT2D eigenvalue weighted by atomic mass is 9.90. The molecule has 0 aliphatic carbocycles. The molecule has 5 heteroatoms. The molecule has 2 fully saturated rings. The maximum absolute atomic E-state index is 12.4. The molecule has 2 aliphatic rings. The van der Waals surface area contributed by atoms with Gasteiger partial charge in [0.05, 0.1) is 0 Å². The van der Waals surface area contributed by atoms with Crippen LogP contribution < -0.4 is 5.32 Å². The Hall–Kier alpha value is -2.40. The molecule has 2 saturated heterocycles. The van der Waals surface area contributed by atoms with Crippen molar-refractivity contribution in [1.82, 2.24) is 14.8 Å². The zero-order chi connectivity index (χ0) is 19.5. The van der Waals surface area contributed by atoms with Crippen LogP contribution in [-0.4, -0.2) is 53.5 Å². The van der Waals surface area contributed by atoms with Crippen LogP contribution in [0.5, 0.6) is 0 Å². The highest BCUT2D eigenvalue weighted by molar-refractivity contribution is 5.90. The minimum Gasteiger partial charge on any atom is -0.323 e. The summed E-state index contributed by atoms with van der Waals surface area (Å²) >= 11 is 0. The van der Waals surface area contributed by atoms with Crippen LogP contribution in [0.2, 0.25) is 0 Å². The molecule has 0 spiro atoms. The van der Waals surface area contributed by atoms with Crippen LogP contribution in [0.4, 0.5) is 10.5 Å². The predicted molar refractivity (Wildman–Crippen MR) is 113 cm³/mol. The zero-order valence-corrected chi connectivity index (χ0v) is 16.8. The maximum atomic E-state index is 12.4. The van der Waals surface area contributed by atoms with Crippen LogP contribution in [0.3, 0.4) is 0 Å². The largest absolute Gasteiger partial charge is 0.323 e. The second kappa shape index (κ2) is 8.31. The van der Waals surface area contributed by atoms with E-state index in [0.29, 0.717) is 11.8 Å². The number of carbonyl (C=O) groups excluding carboxylic acids is 1. The van der Waals surface area contributed by atoms with Crippen LogP contribution in [0.15, 0.2) is 48.8 Å². The molecule has 1 unspecified atom stereocenters. The number of anilines is 1. The molecule has 4 rings (SSSR count). The molecule has 5 nitrogen and oxygen atoms in total. The molecule has 3 heterocycles. The number of hydrogen-bond acceptors (Lipinski definition) is 3. The summed E-state index contributed by atoms with van der Waals surface area (Å²) in [5.74, 6) is 1.81. The molecule has 0 radical (unpaired) electrons. The fourth-order valence-corrected chi connectivity index (χ4v) is 4.01. The topological polar surface area (TPSA) is 48.5 Å². The third-order valence-electron chi connectivity index (χ3n) is 6.18. The lowest BCUT2D eigenvalue weighted by molar-refractivity contribution is 0.126. The van der Waals surface area contributed by atoms with Crippen LogP contribution >= 0.6 is 0 Å². The van der Waals surface area contributed by atoms with E-state index in [1.54, 1.807) is 6.20 Å². The number of rotatable bonds is 6. The molecule has 0 saturated carbocycles. The van der Waals surface area contributed by atoms with Gasteiger partial charge in [-0.2, -0.15) is 0 Å². The second-order valence-corrected chi connectivity index (χ2v) is 8.37. The first-order valence-electron chi connectivity index (χ1n) is 10.4. The minimum atomic E-state index is -0.0173. The number of aromatic nitrogens is 1. The number of pyridine rings is 1. The summed E-state index contributed by atoms with van der Waals surface area (Å²) in [4.78, 5) is 21.0. The quantitative estimate of drug-likeness (QED) is 0.821. The van der Waals surface area contributed by atoms with E-state index >= 15 is 0 Å². The molecule has 28 heavy (non-hydrogen) atoms. The van der Waals surface area contributed by atoms with Gasteiger partial charge in [0.1, 0.15) is 0 Å². The molecule has 148 valence electrons. The van der Waals surface area contributed by atoms with Gasteiger partial charge in [-0.15, -0.1) is 0 Å². The first-order valence-corrected chi connectivity index (χ1v) is 10.4. The van der Waals surface area contributed by atoms with Gasteiger partial charge in [-0.05, 0) is 35.2 Å². The summed E-state index contributed by atoms with van der Waals surface area (Å²) in [7, 11) is 0. The van der Waals surface area contributed by atoms with Crippen LogP contribution in [0.25, 0.3) is 0 Å². The standard InChI is InChI=1S/C23H30N4O/c1-3-17(2)12-26-13-20(14-26)18-6-8-22(9-7-18)25-23(28)27-15-21(16-27)19-5-4-10-24-11-19/h4-11,17,20-21H,3,12-16H2,1-2H3,(H,25,28). The molecule has 1 aromatic carbocycles. The summed E-state index contributed by atoms with van der Waals surface area (Å²) in [6.45, 7) is 9.60. The average molecular weight is 379 g/mol. The molecule has 2 aromatic rings. The zero-order valence-electron chi connectivity index (χ0n) is 16.8. The normalized spacial score (nSPS) is 19.0. The van der Waals surface area contributed by atoms with Crippen LogP contribution in [0, 0.1) is 5.92 Å². The summed E-state index contributed by atoms with van der Waals surface area (Å²) in [5, 5.41) is 3.02. The number of hydrogen-bond donors (Lipinski definition) is 1. The Morgan fingerprint density at radius 3 is 2.46 bits per heavy atom. The van der Waals surface area contributed by atoms with Crippen molar-refractivity contribution in [1.29, 1.82) is 0 Å². The summed E-state index contributed by atoms with van der Waals surface area (Å²) < 4.78 is 0. The molecular formula is C23H30N4O. The third kappa shape index (κ3) is 4.20. The van der Waals surface area contributed by atoms with Crippen molar-refractivity contribution < 1.29 is 4.79 Å². The van der Waals surface area contributed by atoms with Gasteiger partial charge in [0.15, 0.2) is 0 Å². The lowest BCUT2D eigenvalue weighted by Gasteiger charge is -2.41. The Morgan fingerprint density at radius 1 is 1.11 bits per heavy atom. The summed E-state index contributed by atoms with van der Waals surface area (Å²) in [5.41, 5.74) is 3.45. The maximum Gasteiger partial charge on any atom is 0.321 e. The second-order valence-electron chi connectivity index (χ2n) is 8.37. The van der Waals surface area contributed by atoms with E-state index in [-0.39, 0.29) is 6.03 Å². The van der Waals surface area contributed by atoms with Crippen molar-refractivity contribution >= 4 is 11.7 Å². The van der Waals surface area contributed by atoms with Crippen molar-refractivity contribution in [2.24, 2.45) is 5.92 Å². The molecular weight excluding hydrogens is 348 g/mol. The molecule has 2 amide bonds. The van der Waals surface area contributed by atoms with Gasteiger partial charge in [-0.1, -0.05) is 38.5 Å². The Kier molecular flexibility index (Phi) is 5.62. The van der Waals surface area contributed by atoms with E-state index in [9.17, 15) is 4.79 Å². The predicted octanol–water partition coefficient (Wildman–Crippen LogP) is 4.16. The smallest absolute Gasteiger partial charge is 0.321 e. The Morgan fingerprint density at radius 2 is 1.82 bits per heavy atom. The Balaban J connectivity index is 1.23. The van der Waals surface area contributed by atoms with Gasteiger partial charge in [0, 0.05) is 62.6 Å². The van der Waals surface area contributed by atoms with E-state index < -0.39 is 0 Å². The molecule has 1 aromatic heterocycles. The average Bonchev–Trinajstić information content (AvgIpc) is 2.64. The van der Waals surface area contributed by atoms with Gasteiger partial charge in [0.25, 0.3) is 0 Å². The van der Waals surface area contributed by atoms with E-state index in [0.717, 1.165) is 37.8 Å². The van der Waals surface area contributed by atoms with Crippen molar-refractivity contribution in [2.45, 2.75) is 32.1 Å². The minimum absolute atomic E-state index is 0.0173. The van der Waals surface area contributed by atoms with E-state index in [2.05, 4.69) is 47.2 Å². The van der Waals surface area contributed by atoms with Gasteiger partial charge in [-0.3, -0.25) is 4.98 Å². The van der Waals surface area contributed by atoms with Crippen molar-refractivity contribution in [3.05, 3.63) is 59.9 Å². The Bertz CT molecular complexity index is 780. The van der Waals surface area contributed by atoms with E-state index in [4.69, 9.17) is 0 Å². The number of nitrogens with one attached hydrogen (secondary N) is 1. The van der Waals surface area contributed by atoms with Gasteiger partial charge in [-0.25, -0.2) is 4.79 Å². The first kappa shape index (κ1) is 18.9. The molecule has 2 aliphatic heterocycles. The molecule has 1 atom stereocenters. The van der Waals surface area contributed by atoms with Gasteiger partial charge >= 0.3 is 6.03 Å². The SMILES string of the molecule is CCC(C)CN1CC(c2ccc(NC(=O)N3CC(c4cccnc4)C3)cc2)C1. The van der Waals surface area contributed by atoms with Crippen LogP contribution in [0.1, 0.15) is 43.2 Å². The number of nitrogens with zero attached hydrogens (tertiary/aromatic N) is 3. The number of urea groups is 1. The first-order chi connectivity index (χ1) is 13.6. The lowest BCUT2D eigenvalue weighted by Crippen LogP contribution is -2.50. The van der Waals surface area contributed by atoms with Gasteiger partial charge < -0.3 is 15.1 Å². The third-order valence-corrected chi connectivity index (χ3v) is 6.18.